The molecule has 11 heavy (non-hydrogen) atoms. The van der Waals surface area contributed by atoms with Gasteiger partial charge in [0.2, 0.25) is 0 Å². The van der Waals surface area contributed by atoms with Gasteiger partial charge in [-0.1, -0.05) is 26.8 Å². The fourth-order valence-corrected chi connectivity index (χ4v) is 0.518. The largest absolute Gasteiger partial charge is 0.395 e. The summed E-state index contributed by atoms with van der Waals surface area (Å²) in [7, 11) is 1.95. The number of hydrogen-bond acceptors (Lipinski definition) is 2. The Hall–Kier alpha value is -0.500. The molecule has 0 atom stereocenters. The van der Waals surface area contributed by atoms with Gasteiger partial charge in [0, 0.05) is 13.6 Å². The Morgan fingerprint density at radius 1 is 1.36 bits per heavy atom. The number of likely N-dealkylation sites (N-methyl/N-ethyl adjacent to an activating group) is 1. The van der Waals surface area contributed by atoms with E-state index in [-0.39, 0.29) is 6.61 Å². The highest BCUT2D eigenvalue weighted by Gasteiger charge is 1.84. The van der Waals surface area contributed by atoms with Crippen LogP contribution in [-0.2, 0) is 0 Å². The van der Waals surface area contributed by atoms with Crippen LogP contribution < -0.4 is 0 Å². The van der Waals surface area contributed by atoms with Gasteiger partial charge in [-0.25, -0.2) is 0 Å². The molecule has 2 heteroatoms. The van der Waals surface area contributed by atoms with Gasteiger partial charge >= 0.3 is 0 Å². The number of aliphatic hydroxyl groups is 1. The average Bonchev–Trinajstić information content (AvgIpc) is 2.05. The Balaban J connectivity index is 0. The van der Waals surface area contributed by atoms with Crippen LogP contribution in [0.5, 0.6) is 0 Å². The van der Waals surface area contributed by atoms with Crippen LogP contribution in [0, 0.1) is 0 Å². The quantitative estimate of drug-likeness (QED) is 0.677. The third kappa shape index (κ3) is 12.6. The molecule has 0 aliphatic carbocycles. The molecule has 0 rings (SSSR count). The summed E-state index contributed by atoms with van der Waals surface area (Å²) in [5.74, 6) is 0. The SMILES string of the molecule is CC.CC/C=C/N(C)CCO. The Kier molecular flexibility index (Phi) is 14.5. The van der Waals surface area contributed by atoms with Gasteiger partial charge in [-0.15, -0.1) is 0 Å². The van der Waals surface area contributed by atoms with Crippen molar-refractivity contribution in [3.8, 4) is 0 Å². The molecule has 1 N–H and O–H groups in total. The van der Waals surface area contributed by atoms with E-state index in [2.05, 4.69) is 13.0 Å². The van der Waals surface area contributed by atoms with Crippen molar-refractivity contribution in [2.45, 2.75) is 27.2 Å². The van der Waals surface area contributed by atoms with E-state index in [1.54, 1.807) is 0 Å². The van der Waals surface area contributed by atoms with Crippen LogP contribution in [0.15, 0.2) is 12.3 Å². The Labute approximate surface area is 70.5 Å². The van der Waals surface area contributed by atoms with Gasteiger partial charge in [-0.05, 0) is 12.6 Å². The number of rotatable bonds is 4. The minimum absolute atomic E-state index is 0.227. The zero-order valence-corrected chi connectivity index (χ0v) is 8.17. The van der Waals surface area contributed by atoms with Crippen molar-refractivity contribution in [3.63, 3.8) is 0 Å². The number of nitrogens with zero attached hydrogens (tertiary/aromatic N) is 1. The molecule has 0 spiro atoms. The molecule has 0 aromatic heterocycles. The second-order valence-electron chi connectivity index (χ2n) is 2.00. The van der Waals surface area contributed by atoms with Crippen LogP contribution in [0.4, 0.5) is 0 Å². The van der Waals surface area contributed by atoms with E-state index < -0.39 is 0 Å². The van der Waals surface area contributed by atoms with Gasteiger partial charge in [-0.2, -0.15) is 0 Å². The molecular weight excluding hydrogens is 138 g/mol. The van der Waals surface area contributed by atoms with E-state index in [4.69, 9.17) is 5.11 Å². The summed E-state index contributed by atoms with van der Waals surface area (Å²) in [5, 5.41) is 8.46. The molecule has 0 unspecified atom stereocenters. The first-order valence-corrected chi connectivity index (χ1v) is 4.29. The second kappa shape index (κ2) is 12.2. The fraction of sp³-hybridized carbons (Fsp3) is 0.778. The summed E-state index contributed by atoms with van der Waals surface area (Å²) in [5.41, 5.74) is 0. The van der Waals surface area contributed by atoms with Gasteiger partial charge in [0.1, 0.15) is 0 Å². The van der Waals surface area contributed by atoms with E-state index in [1.807, 2.05) is 32.0 Å². The summed E-state index contributed by atoms with van der Waals surface area (Å²) in [4.78, 5) is 1.96. The van der Waals surface area contributed by atoms with Gasteiger partial charge in [0.15, 0.2) is 0 Å². The summed E-state index contributed by atoms with van der Waals surface area (Å²) in [6.45, 7) is 7.03. The third-order valence-corrected chi connectivity index (χ3v) is 1.05. The maximum atomic E-state index is 8.46. The molecule has 0 aliphatic heterocycles. The topological polar surface area (TPSA) is 23.5 Å². The Morgan fingerprint density at radius 3 is 2.27 bits per heavy atom. The van der Waals surface area contributed by atoms with E-state index >= 15 is 0 Å². The summed E-state index contributed by atoms with van der Waals surface area (Å²) < 4.78 is 0. The molecule has 0 radical (unpaired) electrons. The monoisotopic (exact) mass is 159 g/mol. The molecule has 0 aliphatic rings. The van der Waals surface area contributed by atoms with Crippen molar-refractivity contribution in [1.29, 1.82) is 0 Å². The number of hydrogen-bond donors (Lipinski definition) is 1. The van der Waals surface area contributed by atoms with Crippen molar-refractivity contribution in [1.82, 2.24) is 4.90 Å². The maximum Gasteiger partial charge on any atom is 0.0606 e. The Bertz CT molecular complexity index is 81.6. The first kappa shape index (κ1) is 13.1. The highest BCUT2D eigenvalue weighted by Crippen LogP contribution is 1.84. The summed E-state index contributed by atoms with van der Waals surface area (Å²) >= 11 is 0. The molecule has 68 valence electrons. The minimum atomic E-state index is 0.227. The van der Waals surface area contributed by atoms with Gasteiger partial charge in [0.05, 0.1) is 6.61 Å². The first-order valence-electron chi connectivity index (χ1n) is 4.29. The highest BCUT2D eigenvalue weighted by molar-refractivity contribution is 4.78. The normalized spacial score (nSPS) is 9.18. The van der Waals surface area contributed by atoms with Crippen molar-refractivity contribution < 1.29 is 5.11 Å². The smallest absolute Gasteiger partial charge is 0.0606 e. The maximum absolute atomic E-state index is 8.46. The van der Waals surface area contributed by atoms with Crippen LogP contribution in [0.25, 0.3) is 0 Å². The van der Waals surface area contributed by atoms with Crippen molar-refractivity contribution in [2.24, 2.45) is 0 Å². The van der Waals surface area contributed by atoms with Crippen molar-refractivity contribution >= 4 is 0 Å². The zero-order valence-electron chi connectivity index (χ0n) is 8.17. The van der Waals surface area contributed by atoms with E-state index in [1.165, 1.54) is 0 Å². The molecule has 0 saturated heterocycles. The molecule has 0 heterocycles. The molecule has 0 aromatic rings. The lowest BCUT2D eigenvalue weighted by Gasteiger charge is -2.10. The van der Waals surface area contributed by atoms with Crippen molar-refractivity contribution in [3.05, 3.63) is 12.3 Å². The second-order valence-corrected chi connectivity index (χ2v) is 2.00. The zero-order chi connectivity index (χ0) is 9.11. The predicted octanol–water partition coefficient (Wildman–Crippen LogP) is 1.86. The standard InChI is InChI=1S/C7H15NO.C2H6/c1-3-4-5-8(2)6-7-9;1-2/h4-5,9H,3,6-7H2,1-2H3;1-2H3/b5-4+;. The van der Waals surface area contributed by atoms with Gasteiger partial charge < -0.3 is 10.0 Å². The van der Waals surface area contributed by atoms with Gasteiger partial charge in [-0.3, -0.25) is 0 Å². The Morgan fingerprint density at radius 2 is 1.91 bits per heavy atom. The molecule has 0 aromatic carbocycles. The summed E-state index contributed by atoms with van der Waals surface area (Å²) in [6.07, 6.45) is 5.10. The molecule has 0 saturated carbocycles. The molecule has 0 fully saturated rings. The highest BCUT2D eigenvalue weighted by atomic mass is 16.3. The fourth-order valence-electron chi connectivity index (χ4n) is 0.518. The lowest BCUT2D eigenvalue weighted by molar-refractivity contribution is 0.254. The van der Waals surface area contributed by atoms with Gasteiger partial charge in [0.25, 0.3) is 0 Å². The van der Waals surface area contributed by atoms with E-state index in [9.17, 15) is 0 Å². The van der Waals surface area contributed by atoms with Crippen LogP contribution >= 0.6 is 0 Å². The predicted molar refractivity (Wildman–Crippen MR) is 50.5 cm³/mol. The van der Waals surface area contributed by atoms with E-state index in [0.29, 0.717) is 0 Å². The molecule has 0 amide bonds. The van der Waals surface area contributed by atoms with Crippen LogP contribution in [0.2, 0.25) is 0 Å². The number of allylic oxidation sites excluding steroid dienone is 1. The lowest BCUT2D eigenvalue weighted by Crippen LogP contribution is -2.14. The van der Waals surface area contributed by atoms with Crippen LogP contribution in [0.1, 0.15) is 27.2 Å². The third-order valence-electron chi connectivity index (χ3n) is 1.05. The molecule has 2 nitrogen and oxygen atoms in total. The van der Waals surface area contributed by atoms with Crippen LogP contribution in [0.3, 0.4) is 0 Å². The average molecular weight is 159 g/mol. The number of aliphatic hydroxyl groups excluding tert-OH is 1. The molecule has 0 bridgehead atoms. The van der Waals surface area contributed by atoms with Crippen LogP contribution in [-0.4, -0.2) is 30.2 Å². The molecular formula is C9H21NO. The first-order chi connectivity index (χ1) is 5.31. The van der Waals surface area contributed by atoms with E-state index in [0.717, 1.165) is 13.0 Å². The minimum Gasteiger partial charge on any atom is -0.395 e. The summed E-state index contributed by atoms with van der Waals surface area (Å²) in [6, 6.07) is 0. The lowest BCUT2D eigenvalue weighted by atomic mass is 10.4. The van der Waals surface area contributed by atoms with Crippen molar-refractivity contribution in [2.75, 3.05) is 20.2 Å².